The summed E-state index contributed by atoms with van der Waals surface area (Å²) in [6.45, 7) is 3.82. The summed E-state index contributed by atoms with van der Waals surface area (Å²) in [4.78, 5) is 11.7. The van der Waals surface area contributed by atoms with E-state index in [0.29, 0.717) is 5.02 Å². The smallest absolute Gasteiger partial charge is 0.241 e. The highest BCUT2D eigenvalue weighted by Gasteiger charge is 2.20. The Labute approximate surface area is 105 Å². The summed E-state index contributed by atoms with van der Waals surface area (Å²) in [6.07, 6.45) is 0.784. The van der Waals surface area contributed by atoms with Crippen LogP contribution in [0.3, 0.4) is 0 Å². The molecule has 0 aliphatic carbocycles. The van der Waals surface area contributed by atoms with Crippen LogP contribution in [0.4, 0.5) is 10.1 Å². The van der Waals surface area contributed by atoms with Gasteiger partial charge in [-0.3, -0.25) is 4.79 Å². The summed E-state index contributed by atoms with van der Waals surface area (Å²) in [7, 11) is 0. The standard InChI is InChI=1S/C12H16ClFN2O/c1-3-7(2)11(15)12(17)16-10-6-8(13)4-5-9(10)14/h4-7,11H,3,15H2,1-2H3,(H,16,17)/t7-,11-/m0/s1. The van der Waals surface area contributed by atoms with E-state index in [1.807, 2.05) is 13.8 Å². The molecule has 17 heavy (non-hydrogen) atoms. The lowest BCUT2D eigenvalue weighted by molar-refractivity contribution is -0.118. The van der Waals surface area contributed by atoms with Crippen molar-refractivity contribution in [2.75, 3.05) is 5.32 Å². The van der Waals surface area contributed by atoms with Gasteiger partial charge in [-0.2, -0.15) is 0 Å². The lowest BCUT2D eigenvalue weighted by Gasteiger charge is -2.18. The van der Waals surface area contributed by atoms with E-state index in [1.54, 1.807) is 0 Å². The minimum absolute atomic E-state index is 0.0391. The lowest BCUT2D eigenvalue weighted by Crippen LogP contribution is -2.40. The van der Waals surface area contributed by atoms with Crippen LogP contribution in [-0.4, -0.2) is 11.9 Å². The first-order valence-corrected chi connectivity index (χ1v) is 5.85. The van der Waals surface area contributed by atoms with Crippen LogP contribution in [0.1, 0.15) is 20.3 Å². The van der Waals surface area contributed by atoms with Gasteiger partial charge < -0.3 is 11.1 Å². The van der Waals surface area contributed by atoms with E-state index in [2.05, 4.69) is 5.32 Å². The monoisotopic (exact) mass is 258 g/mol. The quantitative estimate of drug-likeness (QED) is 0.873. The van der Waals surface area contributed by atoms with Crippen molar-refractivity contribution in [1.82, 2.24) is 0 Å². The first-order valence-electron chi connectivity index (χ1n) is 5.47. The van der Waals surface area contributed by atoms with Crippen molar-refractivity contribution in [1.29, 1.82) is 0 Å². The van der Waals surface area contributed by atoms with Gasteiger partial charge in [0.15, 0.2) is 0 Å². The Morgan fingerprint density at radius 1 is 1.59 bits per heavy atom. The van der Waals surface area contributed by atoms with Crippen LogP contribution in [0.2, 0.25) is 5.02 Å². The molecule has 1 rings (SSSR count). The van der Waals surface area contributed by atoms with E-state index >= 15 is 0 Å². The molecule has 0 aromatic heterocycles. The number of nitrogens with two attached hydrogens (primary N) is 1. The highest BCUT2D eigenvalue weighted by molar-refractivity contribution is 6.30. The Bertz CT molecular complexity index is 411. The molecule has 0 saturated heterocycles. The second kappa shape index (κ2) is 5.98. The molecule has 3 nitrogen and oxygen atoms in total. The lowest BCUT2D eigenvalue weighted by atomic mass is 9.99. The summed E-state index contributed by atoms with van der Waals surface area (Å²) in [5.74, 6) is -0.892. The third kappa shape index (κ3) is 3.68. The highest BCUT2D eigenvalue weighted by Crippen LogP contribution is 2.20. The molecule has 0 unspecified atom stereocenters. The number of hydrogen-bond acceptors (Lipinski definition) is 2. The molecule has 5 heteroatoms. The maximum atomic E-state index is 13.4. The number of amides is 1. The Morgan fingerprint density at radius 2 is 2.24 bits per heavy atom. The topological polar surface area (TPSA) is 55.1 Å². The van der Waals surface area contributed by atoms with Gasteiger partial charge in [0.05, 0.1) is 11.7 Å². The summed E-state index contributed by atoms with van der Waals surface area (Å²) >= 11 is 5.72. The Hall–Kier alpha value is -1.13. The first kappa shape index (κ1) is 13.9. The van der Waals surface area contributed by atoms with Crippen LogP contribution in [0.25, 0.3) is 0 Å². The number of benzene rings is 1. The third-order valence-corrected chi connectivity index (χ3v) is 2.98. The fraction of sp³-hybridized carbons (Fsp3) is 0.417. The van der Waals surface area contributed by atoms with Gasteiger partial charge in [0.25, 0.3) is 0 Å². The van der Waals surface area contributed by atoms with Gasteiger partial charge in [-0.05, 0) is 24.1 Å². The Kier molecular flexibility index (Phi) is 4.90. The van der Waals surface area contributed by atoms with E-state index in [4.69, 9.17) is 17.3 Å². The fourth-order valence-corrected chi connectivity index (χ4v) is 1.49. The summed E-state index contributed by atoms with van der Waals surface area (Å²) in [5.41, 5.74) is 5.80. The summed E-state index contributed by atoms with van der Waals surface area (Å²) in [6, 6.07) is 3.32. The van der Waals surface area contributed by atoms with Crippen LogP contribution >= 0.6 is 11.6 Å². The SMILES string of the molecule is CC[C@H](C)[C@H](N)C(=O)Nc1cc(Cl)ccc1F. The Balaban J connectivity index is 2.77. The average Bonchev–Trinajstić information content (AvgIpc) is 2.31. The zero-order chi connectivity index (χ0) is 13.0. The second-order valence-corrected chi connectivity index (χ2v) is 4.46. The zero-order valence-corrected chi connectivity index (χ0v) is 10.6. The molecular weight excluding hydrogens is 243 g/mol. The van der Waals surface area contributed by atoms with Gasteiger partial charge in [0.2, 0.25) is 5.91 Å². The number of carbonyl (C=O) groups is 1. The van der Waals surface area contributed by atoms with Crippen molar-refractivity contribution in [2.45, 2.75) is 26.3 Å². The molecule has 0 radical (unpaired) electrons. The van der Waals surface area contributed by atoms with Gasteiger partial charge >= 0.3 is 0 Å². The van der Waals surface area contributed by atoms with Crippen LogP contribution in [0.15, 0.2) is 18.2 Å². The van der Waals surface area contributed by atoms with Gasteiger partial charge in [0, 0.05) is 5.02 Å². The maximum Gasteiger partial charge on any atom is 0.241 e. The molecule has 1 amide bonds. The number of anilines is 1. The highest BCUT2D eigenvalue weighted by atomic mass is 35.5. The Morgan fingerprint density at radius 3 is 2.82 bits per heavy atom. The third-order valence-electron chi connectivity index (χ3n) is 2.75. The van der Waals surface area contributed by atoms with Crippen molar-refractivity contribution < 1.29 is 9.18 Å². The first-order chi connectivity index (χ1) is 7.95. The zero-order valence-electron chi connectivity index (χ0n) is 9.84. The van der Waals surface area contributed by atoms with Crippen LogP contribution < -0.4 is 11.1 Å². The van der Waals surface area contributed by atoms with Crippen molar-refractivity contribution >= 4 is 23.2 Å². The van der Waals surface area contributed by atoms with Crippen molar-refractivity contribution in [3.05, 3.63) is 29.0 Å². The van der Waals surface area contributed by atoms with Crippen LogP contribution in [0, 0.1) is 11.7 Å². The van der Waals surface area contributed by atoms with Gasteiger partial charge in [-0.1, -0.05) is 31.9 Å². The van der Waals surface area contributed by atoms with Gasteiger partial charge in [-0.25, -0.2) is 4.39 Å². The molecule has 0 fully saturated rings. The average molecular weight is 259 g/mol. The molecule has 0 heterocycles. The number of hydrogen-bond donors (Lipinski definition) is 2. The molecule has 94 valence electrons. The normalized spacial score (nSPS) is 14.2. The number of nitrogens with one attached hydrogen (secondary N) is 1. The molecule has 0 bridgehead atoms. The number of rotatable bonds is 4. The molecule has 2 atom stereocenters. The largest absolute Gasteiger partial charge is 0.322 e. The number of halogens is 2. The van der Waals surface area contributed by atoms with Crippen molar-refractivity contribution in [3.8, 4) is 0 Å². The fourth-order valence-electron chi connectivity index (χ4n) is 1.32. The van der Waals surface area contributed by atoms with Crippen molar-refractivity contribution in [2.24, 2.45) is 11.7 Å². The molecule has 0 aliphatic heterocycles. The van der Waals surface area contributed by atoms with E-state index in [0.717, 1.165) is 6.42 Å². The maximum absolute atomic E-state index is 13.4. The van der Waals surface area contributed by atoms with E-state index < -0.39 is 17.8 Å². The molecule has 1 aromatic rings. The minimum atomic E-state index is -0.654. The molecular formula is C12H16ClFN2O. The molecule has 1 aromatic carbocycles. The minimum Gasteiger partial charge on any atom is -0.322 e. The van der Waals surface area contributed by atoms with Crippen LogP contribution in [-0.2, 0) is 4.79 Å². The van der Waals surface area contributed by atoms with E-state index in [1.165, 1.54) is 18.2 Å². The van der Waals surface area contributed by atoms with Gasteiger partial charge in [0.1, 0.15) is 5.82 Å². The predicted octanol–water partition coefficient (Wildman–Crippen LogP) is 2.79. The van der Waals surface area contributed by atoms with Crippen molar-refractivity contribution in [3.63, 3.8) is 0 Å². The van der Waals surface area contributed by atoms with Crippen LogP contribution in [0.5, 0.6) is 0 Å². The van der Waals surface area contributed by atoms with E-state index in [-0.39, 0.29) is 11.6 Å². The predicted molar refractivity (Wildman–Crippen MR) is 67.5 cm³/mol. The molecule has 0 aliphatic rings. The molecule has 0 spiro atoms. The number of carbonyl (C=O) groups excluding carboxylic acids is 1. The van der Waals surface area contributed by atoms with E-state index in [9.17, 15) is 9.18 Å². The summed E-state index contributed by atoms with van der Waals surface area (Å²) < 4.78 is 13.4. The molecule has 3 N–H and O–H groups in total. The second-order valence-electron chi connectivity index (χ2n) is 4.02. The summed E-state index contributed by atoms with van der Waals surface area (Å²) in [5, 5.41) is 2.80. The molecule has 0 saturated carbocycles. The van der Waals surface area contributed by atoms with Gasteiger partial charge in [-0.15, -0.1) is 0 Å².